The molecule has 0 radical (unpaired) electrons. The van der Waals surface area contributed by atoms with E-state index in [1.165, 1.54) is 0 Å². The Bertz CT molecular complexity index is 1030. The molecule has 0 bridgehead atoms. The number of aromatic nitrogens is 1. The molecule has 1 unspecified atom stereocenters. The molecule has 1 atom stereocenters. The van der Waals surface area contributed by atoms with Gasteiger partial charge in [-0.3, -0.25) is 9.78 Å². The van der Waals surface area contributed by atoms with Crippen LogP contribution in [0.2, 0.25) is 0 Å². The first kappa shape index (κ1) is 20.5. The van der Waals surface area contributed by atoms with Crippen LogP contribution < -0.4 is 0 Å². The Balaban J connectivity index is 1.75. The highest BCUT2D eigenvalue weighted by Crippen LogP contribution is 2.24. The fourth-order valence-electron chi connectivity index (χ4n) is 3.44. The Morgan fingerprint density at radius 1 is 1.07 bits per heavy atom. The van der Waals surface area contributed by atoms with Crippen LogP contribution in [0.5, 0.6) is 0 Å². The third-order valence-corrected chi connectivity index (χ3v) is 5.35. The minimum atomic E-state index is -0.508. The van der Waals surface area contributed by atoms with Gasteiger partial charge in [-0.2, -0.15) is 0 Å². The maximum Gasteiger partial charge on any atom is 0.340 e. The summed E-state index contributed by atoms with van der Waals surface area (Å²) in [6, 6.07) is 17.3. The number of amides is 1. The molecular weight excluding hydrogens is 364 g/mol. The number of benzene rings is 2. The number of ether oxygens (including phenoxy) is 1. The second-order valence-corrected chi connectivity index (χ2v) is 7.10. The molecule has 0 fully saturated rings. The molecule has 1 heterocycles. The quantitative estimate of drug-likeness (QED) is 0.582. The predicted octanol–water partition coefficient (Wildman–Crippen LogP) is 4.48. The molecule has 150 valence electrons. The summed E-state index contributed by atoms with van der Waals surface area (Å²) in [5.74, 6) is -0.758. The van der Waals surface area contributed by atoms with Crippen molar-refractivity contribution >= 4 is 22.8 Å². The maximum absolute atomic E-state index is 12.8. The van der Waals surface area contributed by atoms with E-state index in [-0.39, 0.29) is 18.6 Å². The van der Waals surface area contributed by atoms with Gasteiger partial charge in [0.2, 0.25) is 0 Å². The summed E-state index contributed by atoms with van der Waals surface area (Å²) in [6.45, 7) is 5.49. The second kappa shape index (κ2) is 8.86. The first-order chi connectivity index (χ1) is 13.9. The van der Waals surface area contributed by atoms with Gasteiger partial charge < -0.3 is 9.64 Å². The SMILES string of the molecule is CCc1nc2ccccc2c(C)c1C(=O)OCC(=O)N(C)C(C)c1ccccc1. The van der Waals surface area contributed by atoms with Gasteiger partial charge >= 0.3 is 5.97 Å². The summed E-state index contributed by atoms with van der Waals surface area (Å²) >= 11 is 0. The number of esters is 1. The summed E-state index contributed by atoms with van der Waals surface area (Å²) in [7, 11) is 1.72. The highest BCUT2D eigenvalue weighted by molar-refractivity contribution is 5.99. The number of hydrogen-bond acceptors (Lipinski definition) is 4. The Labute approximate surface area is 171 Å². The van der Waals surface area contributed by atoms with Crippen LogP contribution in [0.3, 0.4) is 0 Å². The number of hydrogen-bond donors (Lipinski definition) is 0. The van der Waals surface area contributed by atoms with Crippen molar-refractivity contribution in [3.8, 4) is 0 Å². The Hall–Kier alpha value is -3.21. The van der Waals surface area contributed by atoms with Crippen molar-refractivity contribution in [1.82, 2.24) is 9.88 Å². The maximum atomic E-state index is 12.8. The van der Waals surface area contributed by atoms with Gasteiger partial charge in [-0.1, -0.05) is 55.5 Å². The largest absolute Gasteiger partial charge is 0.452 e. The van der Waals surface area contributed by atoms with E-state index in [9.17, 15) is 9.59 Å². The molecule has 5 heteroatoms. The van der Waals surface area contributed by atoms with E-state index in [0.29, 0.717) is 17.7 Å². The topological polar surface area (TPSA) is 59.5 Å². The van der Waals surface area contributed by atoms with Crippen molar-refractivity contribution in [2.24, 2.45) is 0 Å². The number of aryl methyl sites for hydroxylation is 2. The summed E-state index contributed by atoms with van der Waals surface area (Å²) in [5, 5.41) is 0.915. The summed E-state index contributed by atoms with van der Waals surface area (Å²) < 4.78 is 5.40. The molecule has 0 aliphatic rings. The first-order valence-corrected chi connectivity index (χ1v) is 9.80. The zero-order chi connectivity index (χ0) is 21.0. The molecule has 0 saturated heterocycles. The van der Waals surface area contributed by atoms with Crippen LogP contribution in [0, 0.1) is 6.92 Å². The lowest BCUT2D eigenvalue weighted by molar-refractivity contribution is -0.135. The molecule has 1 aromatic heterocycles. The zero-order valence-electron chi connectivity index (χ0n) is 17.3. The summed E-state index contributed by atoms with van der Waals surface area (Å²) in [5.41, 5.74) is 3.85. The minimum absolute atomic E-state index is 0.113. The lowest BCUT2D eigenvalue weighted by Gasteiger charge is -2.25. The highest BCUT2D eigenvalue weighted by Gasteiger charge is 2.22. The van der Waals surface area contributed by atoms with Crippen molar-refractivity contribution in [3.63, 3.8) is 0 Å². The molecule has 0 saturated carbocycles. The van der Waals surface area contributed by atoms with Crippen molar-refractivity contribution in [2.75, 3.05) is 13.7 Å². The molecule has 0 aliphatic carbocycles. The standard InChI is InChI=1S/C24H26N2O3/c1-5-20-23(16(2)19-13-9-10-14-21(19)25-20)24(28)29-15-22(27)26(4)17(3)18-11-7-6-8-12-18/h6-14,17H,5,15H2,1-4H3. The van der Waals surface area contributed by atoms with Gasteiger partial charge in [0.1, 0.15) is 0 Å². The van der Waals surface area contributed by atoms with Crippen LogP contribution >= 0.6 is 0 Å². The average molecular weight is 390 g/mol. The van der Waals surface area contributed by atoms with Crippen LogP contribution in [-0.4, -0.2) is 35.4 Å². The van der Waals surface area contributed by atoms with Gasteiger partial charge in [-0.05, 0) is 37.5 Å². The molecule has 5 nitrogen and oxygen atoms in total. The van der Waals surface area contributed by atoms with Gasteiger partial charge in [0.05, 0.1) is 22.8 Å². The van der Waals surface area contributed by atoms with Crippen molar-refractivity contribution in [1.29, 1.82) is 0 Å². The van der Waals surface area contributed by atoms with Crippen LogP contribution in [-0.2, 0) is 16.0 Å². The fraction of sp³-hybridized carbons (Fsp3) is 0.292. The Kier molecular flexibility index (Phi) is 6.27. The van der Waals surface area contributed by atoms with E-state index in [1.807, 2.05) is 75.4 Å². The second-order valence-electron chi connectivity index (χ2n) is 7.10. The molecule has 29 heavy (non-hydrogen) atoms. The van der Waals surface area contributed by atoms with Gasteiger partial charge in [0.25, 0.3) is 5.91 Å². The molecule has 3 aromatic rings. The normalized spacial score (nSPS) is 11.9. The van der Waals surface area contributed by atoms with Gasteiger partial charge in [-0.15, -0.1) is 0 Å². The van der Waals surface area contributed by atoms with Crippen LogP contribution in [0.4, 0.5) is 0 Å². The third-order valence-electron chi connectivity index (χ3n) is 5.35. The first-order valence-electron chi connectivity index (χ1n) is 9.80. The molecule has 0 N–H and O–H groups in total. The average Bonchev–Trinajstić information content (AvgIpc) is 2.76. The van der Waals surface area contributed by atoms with Gasteiger partial charge in [0, 0.05) is 12.4 Å². The number of carbonyl (C=O) groups excluding carboxylic acids is 2. The Morgan fingerprint density at radius 2 is 1.72 bits per heavy atom. The number of carbonyl (C=O) groups is 2. The number of likely N-dealkylation sites (N-methyl/N-ethyl adjacent to an activating group) is 1. The van der Waals surface area contributed by atoms with E-state index in [1.54, 1.807) is 11.9 Å². The number of para-hydroxylation sites is 1. The van der Waals surface area contributed by atoms with Crippen molar-refractivity contribution in [2.45, 2.75) is 33.2 Å². The number of fused-ring (bicyclic) bond motifs is 1. The van der Waals surface area contributed by atoms with Gasteiger partial charge in [-0.25, -0.2) is 4.79 Å². The van der Waals surface area contributed by atoms with E-state index >= 15 is 0 Å². The predicted molar refractivity (Wildman–Crippen MR) is 114 cm³/mol. The number of rotatable bonds is 6. The van der Waals surface area contributed by atoms with E-state index in [0.717, 1.165) is 22.0 Å². The zero-order valence-corrected chi connectivity index (χ0v) is 17.3. The lowest BCUT2D eigenvalue weighted by Crippen LogP contribution is -2.33. The van der Waals surface area contributed by atoms with Crippen LogP contribution in [0.15, 0.2) is 54.6 Å². The molecular formula is C24H26N2O3. The molecule has 0 aliphatic heterocycles. The van der Waals surface area contributed by atoms with Gasteiger partial charge in [0.15, 0.2) is 6.61 Å². The summed E-state index contributed by atoms with van der Waals surface area (Å²) in [6.07, 6.45) is 0.606. The van der Waals surface area contributed by atoms with E-state index in [2.05, 4.69) is 4.98 Å². The Morgan fingerprint density at radius 3 is 2.41 bits per heavy atom. The number of nitrogens with zero attached hydrogens (tertiary/aromatic N) is 2. The van der Waals surface area contributed by atoms with E-state index in [4.69, 9.17) is 4.74 Å². The number of pyridine rings is 1. The van der Waals surface area contributed by atoms with E-state index < -0.39 is 5.97 Å². The van der Waals surface area contributed by atoms with Crippen molar-refractivity contribution < 1.29 is 14.3 Å². The molecule has 2 aromatic carbocycles. The van der Waals surface area contributed by atoms with Crippen molar-refractivity contribution in [3.05, 3.63) is 77.0 Å². The smallest absolute Gasteiger partial charge is 0.340 e. The third kappa shape index (κ3) is 4.29. The summed E-state index contributed by atoms with van der Waals surface area (Å²) in [4.78, 5) is 31.6. The van der Waals surface area contributed by atoms with Crippen LogP contribution in [0.25, 0.3) is 10.9 Å². The monoisotopic (exact) mass is 390 g/mol. The fourth-order valence-corrected chi connectivity index (χ4v) is 3.44. The molecule has 3 rings (SSSR count). The highest BCUT2D eigenvalue weighted by atomic mass is 16.5. The minimum Gasteiger partial charge on any atom is -0.452 e. The van der Waals surface area contributed by atoms with Crippen LogP contribution in [0.1, 0.15) is 47.1 Å². The molecule has 0 spiro atoms. The lowest BCUT2D eigenvalue weighted by atomic mass is 10.0. The molecule has 1 amide bonds.